The maximum Gasteiger partial charge on any atom is 0.252 e. The van der Waals surface area contributed by atoms with Crippen molar-refractivity contribution in [1.82, 2.24) is 60.7 Å². The van der Waals surface area contributed by atoms with Crippen molar-refractivity contribution in [2.24, 2.45) is 0 Å². The summed E-state index contributed by atoms with van der Waals surface area (Å²) in [6.07, 6.45) is 5.28. The van der Waals surface area contributed by atoms with Crippen LogP contribution in [0.25, 0.3) is 0 Å². The predicted molar refractivity (Wildman–Crippen MR) is 497 cm³/mol. The summed E-state index contributed by atoms with van der Waals surface area (Å²) >= 11 is 0. The van der Waals surface area contributed by atoms with Gasteiger partial charge in [0.25, 0.3) is 5.91 Å². The maximum absolute atomic E-state index is 13.2. The lowest BCUT2D eigenvalue weighted by molar-refractivity contribution is -0.139. The van der Waals surface area contributed by atoms with Crippen LogP contribution in [0.1, 0.15) is 190 Å². The Bertz CT molecular complexity index is 5220. The number of hydrogen-bond donors (Lipinski definition) is 12. The van der Waals surface area contributed by atoms with Gasteiger partial charge < -0.3 is 81.3 Å². The highest BCUT2D eigenvalue weighted by Gasteiger charge is 2.41. The lowest BCUT2D eigenvalue weighted by atomic mass is 10.0. The molecule has 0 aliphatic carbocycles. The molecule has 6 fully saturated rings. The average molecular weight is 1910 g/mol. The molecule has 6 aliphatic rings. The van der Waals surface area contributed by atoms with Crippen LogP contribution in [0.3, 0.4) is 0 Å². The third-order valence-corrected chi connectivity index (χ3v) is 24.4. The summed E-state index contributed by atoms with van der Waals surface area (Å²) in [7, 11) is -3.69. The van der Waals surface area contributed by atoms with Crippen molar-refractivity contribution < 1.29 is 109 Å². The van der Waals surface area contributed by atoms with Gasteiger partial charge in [0.2, 0.25) is 57.3 Å². The first kappa shape index (κ1) is 108. The number of aliphatic hydroxyl groups is 6. The molecule has 12 unspecified atom stereocenters. The minimum absolute atomic E-state index is 0.0822. The first-order chi connectivity index (χ1) is 65.1. The van der Waals surface area contributed by atoms with Crippen molar-refractivity contribution >= 4 is 63.2 Å². The molecule has 6 heterocycles. The zero-order valence-corrected chi connectivity index (χ0v) is 77.5. The van der Waals surface area contributed by atoms with Crippen LogP contribution in [0.2, 0.25) is 0 Å². The number of likely N-dealkylation sites (tertiary alicyclic amines) is 6. The molecule has 136 heavy (non-hydrogen) atoms. The summed E-state index contributed by atoms with van der Waals surface area (Å²) in [5.41, 5.74) is 3.95. The highest BCUT2D eigenvalue weighted by molar-refractivity contribution is 7.88. The third kappa shape index (κ3) is 33.0. The van der Waals surface area contributed by atoms with Gasteiger partial charge in [0.05, 0.1) is 6.26 Å². The molecule has 0 bridgehead atoms. The number of halogens is 6. The van der Waals surface area contributed by atoms with Gasteiger partial charge in [-0.15, -0.1) is 0 Å². The Morgan fingerprint density at radius 3 is 0.794 bits per heavy atom. The zero-order valence-electron chi connectivity index (χ0n) is 76.7. The van der Waals surface area contributed by atoms with E-state index in [-0.39, 0.29) is 59.1 Å². The van der Waals surface area contributed by atoms with E-state index in [9.17, 15) is 109 Å². The van der Waals surface area contributed by atoms with Crippen molar-refractivity contribution in [3.63, 3.8) is 0 Å². The van der Waals surface area contributed by atoms with Gasteiger partial charge in [-0.1, -0.05) is 135 Å². The van der Waals surface area contributed by atoms with E-state index in [1.807, 2.05) is 37.3 Å². The summed E-state index contributed by atoms with van der Waals surface area (Å²) in [6, 6.07) is 44.3. The number of carbonyl (C=O) groups is 9. The molecule has 12 N–H and O–H groups in total. The number of benzene rings is 8. The van der Waals surface area contributed by atoms with E-state index in [0.717, 1.165) is 127 Å². The van der Waals surface area contributed by atoms with Crippen LogP contribution < -0.4 is 31.3 Å². The molecule has 14 rings (SSSR count). The van der Waals surface area contributed by atoms with Gasteiger partial charge in [0.15, 0.2) is 0 Å². The van der Waals surface area contributed by atoms with Crippen molar-refractivity contribution in [3.05, 3.63) is 286 Å². The fraction of sp³-hybridized carbons (Fsp3) is 0.430. The Balaban J connectivity index is 0.000000183. The van der Waals surface area contributed by atoms with Crippen molar-refractivity contribution in [2.75, 3.05) is 91.3 Å². The molecular weight excluding hydrogens is 1790 g/mol. The first-order valence-corrected chi connectivity index (χ1v) is 47.8. The Morgan fingerprint density at radius 2 is 0.537 bits per heavy atom. The van der Waals surface area contributed by atoms with Gasteiger partial charge in [0.1, 0.15) is 108 Å². The highest BCUT2D eigenvalue weighted by atomic mass is 32.2. The number of carbonyl (C=O) groups excluding carboxylic acids is 9. The second-order valence-corrected chi connectivity index (χ2v) is 35.6. The number of likely N-dealkylation sites (N-methyl/N-ethyl adjacent to an activating group) is 1. The van der Waals surface area contributed by atoms with Crippen LogP contribution in [0.15, 0.2) is 206 Å². The Kier molecular flexibility index (Phi) is 43.0. The Labute approximate surface area is 789 Å². The fourth-order valence-corrected chi connectivity index (χ4v) is 16.9. The average Bonchev–Trinajstić information content (AvgIpc) is 1.45. The third-order valence-electron chi connectivity index (χ3n) is 23.7. The van der Waals surface area contributed by atoms with E-state index in [2.05, 4.69) is 31.3 Å². The van der Waals surface area contributed by atoms with Crippen LogP contribution in [0.4, 0.5) is 26.3 Å². The molecule has 36 heteroatoms. The van der Waals surface area contributed by atoms with Crippen LogP contribution in [0, 0.1) is 34.9 Å². The molecule has 6 aliphatic heterocycles. The largest absolute Gasteiger partial charge is 0.386 e. The van der Waals surface area contributed by atoms with E-state index in [1.165, 1.54) is 145 Å². The van der Waals surface area contributed by atoms with E-state index >= 15 is 0 Å². The Hall–Kier alpha value is -11.8. The minimum atomic E-state index is -3.69. The second-order valence-electron chi connectivity index (χ2n) is 33.8. The number of amides is 9. The van der Waals surface area contributed by atoms with Crippen LogP contribution in [-0.4, -0.2) is 249 Å². The molecule has 734 valence electrons. The molecule has 6 saturated heterocycles. The molecule has 12 atom stereocenters. The topological polar surface area (TPSA) is 401 Å². The van der Waals surface area contributed by atoms with Crippen molar-refractivity contribution in [3.8, 4) is 0 Å². The second kappa shape index (κ2) is 54.2. The predicted octanol–water partition coefficient (Wildman–Crippen LogP) is 9.14. The number of nitrogens with zero attached hydrogens (tertiary/aromatic N) is 6. The molecule has 0 spiro atoms. The Morgan fingerprint density at radius 1 is 0.309 bits per heavy atom. The smallest absolute Gasteiger partial charge is 0.252 e. The summed E-state index contributed by atoms with van der Waals surface area (Å²) in [4.78, 5) is 121. The molecule has 0 aromatic heterocycles. The quantitative estimate of drug-likeness (QED) is 0.0187. The van der Waals surface area contributed by atoms with Crippen LogP contribution >= 0.6 is 0 Å². The van der Waals surface area contributed by atoms with E-state index < -0.39 is 124 Å². The molecule has 0 radical (unpaired) electrons. The van der Waals surface area contributed by atoms with Crippen LogP contribution in [-0.2, 0) is 54.9 Å². The first-order valence-electron chi connectivity index (χ1n) is 45.9. The zero-order chi connectivity index (χ0) is 98.5. The van der Waals surface area contributed by atoms with Crippen LogP contribution in [0.5, 0.6) is 0 Å². The van der Waals surface area contributed by atoms with Crippen molar-refractivity contribution in [1.29, 1.82) is 0 Å². The lowest BCUT2D eigenvalue weighted by Crippen LogP contribution is -2.51. The van der Waals surface area contributed by atoms with Gasteiger partial charge in [-0.25, -0.2) is 34.8 Å². The number of aliphatic hydroxyl groups excluding tert-OH is 6. The number of sulfonamides is 1. The fourth-order valence-electron chi connectivity index (χ4n) is 16.2. The van der Waals surface area contributed by atoms with Gasteiger partial charge in [0, 0.05) is 104 Å². The number of hydrogen-bond acceptors (Lipinski definition) is 19. The van der Waals surface area contributed by atoms with E-state index in [0.29, 0.717) is 98.8 Å². The normalized spacial score (nSPS) is 17.2. The van der Waals surface area contributed by atoms with Gasteiger partial charge in [-0.3, -0.25) is 48.5 Å². The summed E-state index contributed by atoms with van der Waals surface area (Å²) in [5, 5.41) is 77.0. The maximum atomic E-state index is 13.2. The van der Waals surface area contributed by atoms with E-state index in [4.69, 9.17) is 0 Å². The van der Waals surface area contributed by atoms with Gasteiger partial charge in [-0.05, 0) is 207 Å². The molecule has 29 nitrogen and oxygen atoms in total. The molecule has 8 aromatic rings. The van der Waals surface area contributed by atoms with Crippen molar-refractivity contribution in [2.45, 2.75) is 184 Å². The summed E-state index contributed by atoms with van der Waals surface area (Å²) in [6.45, 7) is 13.7. The SMILES string of the molecule is CC(=O)NC(C(=O)N1CCCC1)C(O)c1ccc(F)cc1.CCC(=O)NC(C(=O)N1CCCC1)C(O)c1ccc(F)cc1.CCNC(C(=O)N1CCCC1)C(O)c1ccc(F)cc1.CS(=O)(=O)NC(C(=O)N1CCCC1)C(O)c1ccc(F)cc1.O=C(C(NCc1ccccc1)C(O)c1ccc(F)cc1)N1CCCC1.O=C(NC(C(=O)N1CCCC1)C(O)c1ccc(F)cc1)c1ccccc1. The molecule has 8 aromatic carbocycles. The molecule has 9 amide bonds. The lowest BCUT2D eigenvalue weighted by Gasteiger charge is -2.28. The van der Waals surface area contributed by atoms with E-state index in [1.54, 1.807) is 61.8 Å². The number of nitrogens with one attached hydrogen (secondary N) is 6. The highest BCUT2D eigenvalue weighted by Crippen LogP contribution is 2.30. The summed E-state index contributed by atoms with van der Waals surface area (Å²) < 4.78 is 103. The minimum Gasteiger partial charge on any atom is -0.386 e. The monoisotopic (exact) mass is 1910 g/mol. The summed E-state index contributed by atoms with van der Waals surface area (Å²) in [5.74, 6) is -5.21. The molecule has 0 saturated carbocycles. The standard InChI is InChI=1S/C20H21FN2O3.C20H23FN2O2.C16H21FN2O3.C15H19FN2O3.C15H21FN2O2.C14H19FN2O4S/c21-16-10-8-14(9-11-16)18(24)17(20(26)23-12-4-5-13-23)22-19(25)15-6-2-1-3-7-15;21-17-10-8-16(9-11-17)19(24)18(20(25)23-12-4-5-13-23)22-14-15-6-2-1-3-7-15;1-2-13(20)18-14(16(22)19-9-3-4-10-19)15(21)11-5-7-12(17)8-6-11;1-10(19)17-13(15(21)18-8-2-3-9-18)14(20)11-4-6-12(16)7-5-11;1-2-17-13(15(20)18-9-3-4-10-18)14(19)11-5-7-12(16)8-6-11;1-22(20,21)16-12(14(19)17-8-2-3-9-17)13(18)10-4-6-11(15)7-5-10/h1-3,6-11,17-18,24H,4-5,12-13H2,(H,22,25);1-3,6-11,18-19,22,24H,4-5,12-14H2;5-8,14-15,21H,2-4,9-10H2,1H3,(H,18,20);4-7,13-14,20H,2-3,8-9H2,1H3,(H,17,19);5-8,13-14,17,19H,2-4,9-10H2,1H3;4-7,12-13,16,18H,2-3,8-9H2,1H3. The number of rotatable bonds is 30. The van der Waals surface area contributed by atoms with Gasteiger partial charge >= 0.3 is 0 Å². The van der Waals surface area contributed by atoms with Gasteiger partial charge in [-0.2, -0.15) is 4.72 Å². The molecular formula is C100H124F6N12O17S.